The maximum atomic E-state index is 13.3. The molecule has 0 saturated carbocycles. The quantitative estimate of drug-likeness (QED) is 0.678. The van der Waals surface area contributed by atoms with Crippen LogP contribution in [0.3, 0.4) is 0 Å². The second kappa shape index (κ2) is 10.1. The molecule has 0 heterocycles. The van der Waals surface area contributed by atoms with Crippen LogP contribution in [0.15, 0.2) is 42.5 Å². The second-order valence-corrected chi connectivity index (χ2v) is 8.00. The molecule has 0 bridgehead atoms. The monoisotopic (exact) mass is 433 g/mol. The van der Waals surface area contributed by atoms with Crippen molar-refractivity contribution >= 4 is 17.8 Å². The molecule has 1 N–H and O–H groups in total. The van der Waals surface area contributed by atoms with Gasteiger partial charge in [0.15, 0.2) is 0 Å². The van der Waals surface area contributed by atoms with Gasteiger partial charge in [0, 0.05) is 12.5 Å². The van der Waals surface area contributed by atoms with Gasteiger partial charge in [-0.1, -0.05) is 12.1 Å². The highest BCUT2D eigenvalue weighted by molar-refractivity contribution is 5.90. The largest absolute Gasteiger partial charge is 0.467 e. The molecule has 2 rings (SSSR count). The molecule has 2 aromatic carbocycles. The summed E-state index contributed by atoms with van der Waals surface area (Å²) in [7, 11) is 1.19. The van der Waals surface area contributed by atoms with Gasteiger partial charge in [0.2, 0.25) is 5.91 Å². The minimum absolute atomic E-state index is 0.102. The van der Waals surface area contributed by atoms with Gasteiger partial charge in [0.1, 0.15) is 23.3 Å². The lowest BCUT2D eigenvalue weighted by Crippen LogP contribution is -2.43. The highest BCUT2D eigenvalue weighted by Gasteiger charge is 2.23. The Hall–Kier alpha value is -3.29. The lowest BCUT2D eigenvalue weighted by molar-refractivity contribution is -0.145. The summed E-state index contributed by atoms with van der Waals surface area (Å²) in [6.45, 7) is 5.30. The second-order valence-electron chi connectivity index (χ2n) is 8.00. The van der Waals surface area contributed by atoms with Gasteiger partial charge in [-0.15, -0.1) is 0 Å². The van der Waals surface area contributed by atoms with E-state index in [1.54, 1.807) is 45.0 Å². The number of ether oxygens (including phenoxy) is 2. The third-order valence-corrected chi connectivity index (χ3v) is 4.14. The first-order valence-electron chi connectivity index (χ1n) is 9.61. The average Bonchev–Trinajstić information content (AvgIpc) is 2.65. The van der Waals surface area contributed by atoms with Gasteiger partial charge in [0.25, 0.3) is 0 Å². The number of hydrogen-bond donors (Lipinski definition) is 1. The summed E-state index contributed by atoms with van der Waals surface area (Å²) in [6.07, 6.45) is -0.204. The number of amides is 1. The predicted molar refractivity (Wildman–Crippen MR) is 109 cm³/mol. The molecule has 0 spiro atoms. The number of halogens is 2. The van der Waals surface area contributed by atoms with Gasteiger partial charge in [0.05, 0.1) is 19.1 Å². The number of carbonyl (C=O) groups excluding carboxylic acids is 3. The summed E-state index contributed by atoms with van der Waals surface area (Å²) in [5.41, 5.74) is 0.534. The Morgan fingerprint density at radius 3 is 2.06 bits per heavy atom. The highest BCUT2D eigenvalue weighted by Crippen LogP contribution is 2.14. The molecule has 0 aromatic heterocycles. The molecular weight excluding hydrogens is 408 g/mol. The number of benzene rings is 2. The van der Waals surface area contributed by atoms with Crippen molar-refractivity contribution in [1.82, 2.24) is 5.32 Å². The molecule has 0 fully saturated rings. The Balaban J connectivity index is 2.06. The van der Waals surface area contributed by atoms with Crippen LogP contribution in [0.4, 0.5) is 8.78 Å². The maximum absolute atomic E-state index is 13.3. The first kappa shape index (κ1) is 24.0. The van der Waals surface area contributed by atoms with E-state index in [4.69, 9.17) is 9.47 Å². The molecule has 8 heteroatoms. The Labute approximate surface area is 179 Å². The molecular formula is C23H25F2NO5. The summed E-state index contributed by atoms with van der Waals surface area (Å²) < 4.78 is 36.7. The van der Waals surface area contributed by atoms with E-state index < -0.39 is 41.1 Å². The van der Waals surface area contributed by atoms with Crippen molar-refractivity contribution in [2.75, 3.05) is 7.11 Å². The van der Waals surface area contributed by atoms with Gasteiger partial charge in [-0.25, -0.2) is 18.4 Å². The van der Waals surface area contributed by atoms with E-state index in [1.807, 2.05) is 0 Å². The lowest BCUT2D eigenvalue weighted by Gasteiger charge is -2.20. The molecule has 0 unspecified atom stereocenters. The summed E-state index contributed by atoms with van der Waals surface area (Å²) in [5, 5.41) is 2.52. The SMILES string of the molecule is COC(=O)[C@H](Cc1ccc(C(=O)OC(C)(C)C)cc1)NC(=O)Cc1cc(F)cc(F)c1. The van der Waals surface area contributed by atoms with E-state index in [9.17, 15) is 23.2 Å². The maximum Gasteiger partial charge on any atom is 0.338 e. The average molecular weight is 433 g/mol. The minimum atomic E-state index is -1.01. The van der Waals surface area contributed by atoms with Crippen molar-refractivity contribution in [1.29, 1.82) is 0 Å². The van der Waals surface area contributed by atoms with Crippen LogP contribution in [0.5, 0.6) is 0 Å². The van der Waals surface area contributed by atoms with Crippen molar-refractivity contribution in [3.8, 4) is 0 Å². The molecule has 0 aliphatic carbocycles. The molecule has 0 aliphatic heterocycles. The first-order valence-corrected chi connectivity index (χ1v) is 9.61. The van der Waals surface area contributed by atoms with Crippen molar-refractivity contribution in [2.24, 2.45) is 0 Å². The van der Waals surface area contributed by atoms with Crippen molar-refractivity contribution < 1.29 is 32.6 Å². The van der Waals surface area contributed by atoms with Crippen molar-refractivity contribution in [3.05, 3.63) is 70.8 Å². The zero-order valence-corrected chi connectivity index (χ0v) is 17.8. The summed E-state index contributed by atoms with van der Waals surface area (Å²) >= 11 is 0. The third-order valence-electron chi connectivity index (χ3n) is 4.14. The zero-order valence-electron chi connectivity index (χ0n) is 17.8. The smallest absolute Gasteiger partial charge is 0.338 e. The van der Waals surface area contributed by atoms with Crippen LogP contribution >= 0.6 is 0 Å². The Bertz CT molecular complexity index is 931. The summed E-state index contributed by atoms with van der Waals surface area (Å²) in [5.74, 6) is -3.32. The van der Waals surface area contributed by atoms with E-state index in [0.717, 1.165) is 12.1 Å². The van der Waals surface area contributed by atoms with Gasteiger partial charge in [-0.05, 0) is 56.2 Å². The zero-order chi connectivity index (χ0) is 23.2. The minimum Gasteiger partial charge on any atom is -0.467 e. The van der Waals surface area contributed by atoms with Gasteiger partial charge < -0.3 is 14.8 Å². The fourth-order valence-corrected chi connectivity index (χ4v) is 2.83. The fraction of sp³-hybridized carbons (Fsp3) is 0.348. The molecule has 0 aliphatic rings. The van der Waals surface area contributed by atoms with E-state index >= 15 is 0 Å². The molecule has 31 heavy (non-hydrogen) atoms. The van der Waals surface area contributed by atoms with Gasteiger partial charge in [-0.3, -0.25) is 4.79 Å². The lowest BCUT2D eigenvalue weighted by atomic mass is 10.0. The van der Waals surface area contributed by atoms with Crippen LogP contribution < -0.4 is 5.32 Å². The van der Waals surface area contributed by atoms with Crippen LogP contribution in [0.25, 0.3) is 0 Å². The van der Waals surface area contributed by atoms with Crippen LogP contribution in [-0.2, 0) is 31.9 Å². The normalized spacial score (nSPS) is 12.1. The molecule has 166 valence electrons. The number of hydrogen-bond acceptors (Lipinski definition) is 5. The first-order chi connectivity index (χ1) is 14.5. The summed E-state index contributed by atoms with van der Waals surface area (Å²) in [4.78, 5) is 36.5. The topological polar surface area (TPSA) is 81.7 Å². The fourth-order valence-electron chi connectivity index (χ4n) is 2.83. The Morgan fingerprint density at radius 2 is 1.55 bits per heavy atom. The number of rotatable bonds is 7. The van der Waals surface area contributed by atoms with Crippen LogP contribution in [-0.4, -0.2) is 36.6 Å². The van der Waals surface area contributed by atoms with Gasteiger partial charge >= 0.3 is 11.9 Å². The van der Waals surface area contributed by atoms with E-state index in [2.05, 4.69) is 5.32 Å². The van der Waals surface area contributed by atoms with E-state index in [-0.39, 0.29) is 18.4 Å². The highest BCUT2D eigenvalue weighted by atomic mass is 19.1. The number of esters is 2. The molecule has 6 nitrogen and oxygen atoms in total. The molecule has 1 amide bonds. The molecule has 2 aromatic rings. The van der Waals surface area contributed by atoms with Gasteiger partial charge in [-0.2, -0.15) is 0 Å². The Morgan fingerprint density at radius 1 is 0.968 bits per heavy atom. The standard InChI is InChI=1S/C23H25F2NO5/c1-23(2,3)31-21(28)16-7-5-14(6-8-16)11-19(22(29)30-4)26-20(27)12-15-9-17(24)13-18(25)10-15/h5-10,13,19H,11-12H2,1-4H3,(H,26,27)/t19-/m0/s1. The number of methoxy groups -OCH3 is 1. The van der Waals surface area contributed by atoms with Crippen molar-refractivity contribution in [3.63, 3.8) is 0 Å². The van der Waals surface area contributed by atoms with Crippen LogP contribution in [0.2, 0.25) is 0 Å². The number of nitrogens with one attached hydrogen (secondary N) is 1. The molecule has 1 atom stereocenters. The summed E-state index contributed by atoms with van der Waals surface area (Å²) in [6, 6.07) is 8.20. The van der Waals surface area contributed by atoms with Crippen molar-refractivity contribution in [2.45, 2.75) is 45.3 Å². The van der Waals surface area contributed by atoms with E-state index in [1.165, 1.54) is 7.11 Å². The number of carbonyl (C=O) groups is 3. The predicted octanol–water partition coefficient (Wildman–Crippen LogP) is 3.36. The van der Waals surface area contributed by atoms with E-state index in [0.29, 0.717) is 17.2 Å². The third kappa shape index (κ3) is 7.81. The van der Waals surface area contributed by atoms with Crippen LogP contribution in [0.1, 0.15) is 42.3 Å². The molecule has 0 radical (unpaired) electrons. The van der Waals surface area contributed by atoms with Crippen LogP contribution in [0, 0.1) is 11.6 Å². The Kier molecular flexibility index (Phi) is 7.85. The molecule has 0 saturated heterocycles.